The Morgan fingerprint density at radius 2 is 2.25 bits per heavy atom. The number of ether oxygens (including phenoxy) is 1. The minimum atomic E-state index is -3.54. The number of sulfonamides is 1. The first-order chi connectivity index (χ1) is 9.49. The molecule has 0 saturated carbocycles. The predicted octanol–water partition coefficient (Wildman–Crippen LogP) is 1.41. The summed E-state index contributed by atoms with van der Waals surface area (Å²) in [5.74, 6) is 0.518. The number of aromatic nitrogens is 3. The van der Waals surface area contributed by atoms with Gasteiger partial charge in [-0.1, -0.05) is 11.2 Å². The maximum atomic E-state index is 12.2. The number of hydrogen-bond donors (Lipinski definition) is 1. The molecule has 2 heterocycles. The molecule has 0 unspecified atom stereocenters. The highest BCUT2D eigenvalue weighted by Gasteiger charge is 2.23. The first kappa shape index (κ1) is 14.9. The Balaban J connectivity index is 2.25. The van der Waals surface area contributed by atoms with Gasteiger partial charge >= 0.3 is 6.01 Å². The molecule has 2 aromatic heterocycles. The van der Waals surface area contributed by atoms with Gasteiger partial charge in [-0.05, 0) is 25.3 Å². The average Bonchev–Trinajstić information content (AvgIpc) is 3.07. The Morgan fingerprint density at radius 1 is 1.50 bits per heavy atom. The van der Waals surface area contributed by atoms with E-state index < -0.39 is 16.1 Å². The molecule has 9 heteroatoms. The lowest BCUT2D eigenvalue weighted by atomic mass is 10.3. The van der Waals surface area contributed by atoms with E-state index in [2.05, 4.69) is 14.9 Å². The first-order valence-electron chi connectivity index (χ1n) is 6.02. The van der Waals surface area contributed by atoms with Crippen molar-refractivity contribution in [1.82, 2.24) is 19.5 Å². The number of hydrogen-bond acceptors (Lipinski definition) is 6. The van der Waals surface area contributed by atoms with Crippen LogP contribution in [-0.4, -0.2) is 30.3 Å². The maximum Gasteiger partial charge on any atom is 0.316 e. The summed E-state index contributed by atoms with van der Waals surface area (Å²) in [7, 11) is -2.04. The molecule has 0 radical (unpaired) electrons. The van der Waals surface area contributed by atoms with Crippen LogP contribution in [0.3, 0.4) is 0 Å². The minimum Gasteiger partial charge on any atom is -0.467 e. The molecule has 1 N–H and O–H groups in total. The van der Waals surface area contributed by atoms with Gasteiger partial charge in [0.15, 0.2) is 5.82 Å². The van der Waals surface area contributed by atoms with E-state index in [0.29, 0.717) is 18.4 Å². The van der Waals surface area contributed by atoms with Crippen molar-refractivity contribution < 1.29 is 13.2 Å². The average molecular weight is 316 g/mol. The van der Waals surface area contributed by atoms with E-state index in [1.807, 2.05) is 6.92 Å². The molecule has 7 nitrogen and oxygen atoms in total. The van der Waals surface area contributed by atoms with Crippen molar-refractivity contribution in [2.75, 3.05) is 7.11 Å². The lowest BCUT2D eigenvalue weighted by Crippen LogP contribution is -2.28. The number of nitrogens with one attached hydrogen (secondary N) is 1. The molecule has 0 aliphatic heterocycles. The molecule has 0 amide bonds. The van der Waals surface area contributed by atoms with Gasteiger partial charge in [-0.15, -0.1) is 16.4 Å². The van der Waals surface area contributed by atoms with Crippen LogP contribution >= 0.6 is 11.3 Å². The van der Waals surface area contributed by atoms with Gasteiger partial charge in [0.25, 0.3) is 10.0 Å². The largest absolute Gasteiger partial charge is 0.467 e. The monoisotopic (exact) mass is 316 g/mol. The van der Waals surface area contributed by atoms with Crippen LogP contribution in [0.1, 0.15) is 25.7 Å². The van der Waals surface area contributed by atoms with E-state index in [1.165, 1.54) is 18.4 Å². The molecule has 1 atom stereocenters. The highest BCUT2D eigenvalue weighted by atomic mass is 32.2. The Labute approximate surface area is 121 Å². The summed E-state index contributed by atoms with van der Waals surface area (Å²) in [5.41, 5.74) is 0. The minimum absolute atomic E-state index is 0.277. The van der Waals surface area contributed by atoms with Crippen LogP contribution in [0.4, 0.5) is 0 Å². The second-order valence-corrected chi connectivity index (χ2v) is 6.95. The molecule has 0 aliphatic rings. The third-order valence-corrected chi connectivity index (χ3v) is 5.66. The van der Waals surface area contributed by atoms with Crippen molar-refractivity contribution in [3.8, 4) is 6.01 Å². The van der Waals surface area contributed by atoms with Gasteiger partial charge in [0, 0.05) is 6.54 Å². The molecular weight excluding hydrogens is 300 g/mol. The van der Waals surface area contributed by atoms with E-state index in [0.717, 1.165) is 0 Å². The molecule has 0 bridgehead atoms. The van der Waals surface area contributed by atoms with Crippen LogP contribution < -0.4 is 9.46 Å². The van der Waals surface area contributed by atoms with Gasteiger partial charge in [0.05, 0.1) is 13.2 Å². The predicted molar refractivity (Wildman–Crippen MR) is 75.3 cm³/mol. The normalized spacial score (nSPS) is 13.3. The molecule has 0 aliphatic carbocycles. The van der Waals surface area contributed by atoms with Gasteiger partial charge in [0.2, 0.25) is 0 Å². The standard InChI is InChI=1S/C11H16N4O3S2/c1-4-15-10(12-13-11(15)18-3)8(2)14-20(16,17)9-6-5-7-19-9/h5-8,14H,4H2,1-3H3/t8-/m1/s1. The van der Waals surface area contributed by atoms with Crippen molar-refractivity contribution in [1.29, 1.82) is 0 Å². The van der Waals surface area contributed by atoms with Crippen molar-refractivity contribution >= 4 is 21.4 Å². The molecule has 20 heavy (non-hydrogen) atoms. The number of methoxy groups -OCH3 is 1. The summed E-state index contributed by atoms with van der Waals surface area (Å²) in [6, 6.07) is 3.12. The van der Waals surface area contributed by atoms with Crippen LogP contribution in [0.5, 0.6) is 6.01 Å². The van der Waals surface area contributed by atoms with Crippen LogP contribution in [-0.2, 0) is 16.6 Å². The van der Waals surface area contributed by atoms with E-state index in [9.17, 15) is 8.42 Å². The Bertz CT molecular complexity index is 664. The zero-order valence-corrected chi connectivity index (χ0v) is 13.0. The van der Waals surface area contributed by atoms with E-state index >= 15 is 0 Å². The molecule has 2 rings (SSSR count). The summed E-state index contributed by atoms with van der Waals surface area (Å²) in [5, 5.41) is 9.58. The summed E-state index contributed by atoms with van der Waals surface area (Å²) in [4.78, 5) is 0. The first-order valence-corrected chi connectivity index (χ1v) is 8.38. The number of thiophene rings is 1. The summed E-state index contributed by atoms with van der Waals surface area (Å²) in [6.45, 7) is 4.23. The van der Waals surface area contributed by atoms with Gasteiger partial charge in [-0.3, -0.25) is 4.57 Å². The SMILES string of the molecule is CCn1c(OC)nnc1[C@@H](C)NS(=O)(=O)c1cccs1. The van der Waals surface area contributed by atoms with Gasteiger partial charge < -0.3 is 4.74 Å². The molecule has 2 aromatic rings. The third-order valence-electron chi connectivity index (χ3n) is 2.72. The van der Waals surface area contributed by atoms with Gasteiger partial charge in [-0.25, -0.2) is 8.42 Å². The highest BCUT2D eigenvalue weighted by Crippen LogP contribution is 2.21. The van der Waals surface area contributed by atoms with E-state index in [4.69, 9.17) is 4.74 Å². The molecule has 110 valence electrons. The smallest absolute Gasteiger partial charge is 0.316 e. The maximum absolute atomic E-state index is 12.2. The Hall–Kier alpha value is -1.45. The quantitative estimate of drug-likeness (QED) is 0.871. The van der Waals surface area contributed by atoms with Crippen molar-refractivity contribution in [3.63, 3.8) is 0 Å². The van der Waals surface area contributed by atoms with Crippen molar-refractivity contribution in [2.45, 2.75) is 30.6 Å². The highest BCUT2D eigenvalue weighted by molar-refractivity contribution is 7.91. The second-order valence-electron chi connectivity index (χ2n) is 4.06. The number of rotatable bonds is 6. The fraction of sp³-hybridized carbons (Fsp3) is 0.455. The summed E-state index contributed by atoms with van der Waals surface area (Å²) < 4.78 is 34.0. The molecule has 0 spiro atoms. The summed E-state index contributed by atoms with van der Waals surface area (Å²) in [6.07, 6.45) is 0. The van der Waals surface area contributed by atoms with Crippen LogP contribution in [0.25, 0.3) is 0 Å². The summed E-state index contributed by atoms with van der Waals surface area (Å²) >= 11 is 1.17. The van der Waals surface area contributed by atoms with Gasteiger partial charge in [-0.2, -0.15) is 4.72 Å². The molecule has 0 fully saturated rings. The van der Waals surface area contributed by atoms with Crippen molar-refractivity contribution in [3.05, 3.63) is 23.3 Å². The fourth-order valence-corrected chi connectivity index (χ4v) is 4.04. The topological polar surface area (TPSA) is 86.1 Å². The molecular formula is C11H16N4O3S2. The Kier molecular flexibility index (Phi) is 4.41. The molecule has 0 saturated heterocycles. The molecule has 0 aromatic carbocycles. The third kappa shape index (κ3) is 2.84. The Morgan fingerprint density at radius 3 is 2.80 bits per heavy atom. The second kappa shape index (κ2) is 5.90. The van der Waals surface area contributed by atoms with E-state index in [-0.39, 0.29) is 4.21 Å². The van der Waals surface area contributed by atoms with Crippen LogP contribution in [0, 0.1) is 0 Å². The zero-order chi connectivity index (χ0) is 14.8. The number of nitrogens with zero attached hydrogens (tertiary/aromatic N) is 3. The van der Waals surface area contributed by atoms with Gasteiger partial charge in [0.1, 0.15) is 4.21 Å². The van der Waals surface area contributed by atoms with Crippen LogP contribution in [0.15, 0.2) is 21.7 Å². The lowest BCUT2D eigenvalue weighted by molar-refractivity contribution is 0.354. The fourth-order valence-electron chi connectivity index (χ4n) is 1.83. The zero-order valence-electron chi connectivity index (χ0n) is 11.4. The van der Waals surface area contributed by atoms with E-state index in [1.54, 1.807) is 29.0 Å². The van der Waals surface area contributed by atoms with Crippen LogP contribution in [0.2, 0.25) is 0 Å². The van der Waals surface area contributed by atoms with Crippen molar-refractivity contribution in [2.24, 2.45) is 0 Å². The lowest BCUT2D eigenvalue weighted by Gasteiger charge is -2.14.